The summed E-state index contributed by atoms with van der Waals surface area (Å²) in [5.41, 5.74) is 1.29. The van der Waals surface area contributed by atoms with E-state index >= 15 is 0 Å². The van der Waals surface area contributed by atoms with Crippen molar-refractivity contribution in [3.8, 4) is 11.5 Å². The number of nitrogens with one attached hydrogen (secondary N) is 1. The van der Waals surface area contributed by atoms with Crippen LogP contribution in [0.2, 0.25) is 0 Å². The number of methoxy groups -OCH3 is 2. The first kappa shape index (κ1) is 21.9. The zero-order valence-electron chi connectivity index (χ0n) is 17.7. The molecule has 31 heavy (non-hydrogen) atoms. The number of rotatable bonds is 6. The lowest BCUT2D eigenvalue weighted by Crippen LogP contribution is -2.49. The molecule has 1 fully saturated rings. The Bertz CT molecular complexity index is 999. The molecule has 1 heterocycles. The van der Waals surface area contributed by atoms with Gasteiger partial charge < -0.3 is 29.7 Å². The van der Waals surface area contributed by atoms with Gasteiger partial charge in [-0.2, -0.15) is 0 Å². The average molecular weight is 427 g/mol. The highest BCUT2D eigenvalue weighted by Crippen LogP contribution is 2.30. The van der Waals surface area contributed by atoms with Crippen LogP contribution < -0.4 is 19.7 Å². The lowest BCUT2D eigenvalue weighted by molar-refractivity contribution is -0.114. The highest BCUT2D eigenvalue weighted by Gasteiger charge is 2.26. The van der Waals surface area contributed by atoms with Gasteiger partial charge in [0.2, 0.25) is 5.91 Å². The maximum atomic E-state index is 12.9. The Morgan fingerprint density at radius 1 is 0.968 bits per heavy atom. The fourth-order valence-electron chi connectivity index (χ4n) is 3.62. The molecule has 3 rings (SSSR count). The number of hydrogen-bond donors (Lipinski definition) is 2. The first-order chi connectivity index (χ1) is 14.8. The summed E-state index contributed by atoms with van der Waals surface area (Å²) >= 11 is 0. The van der Waals surface area contributed by atoms with E-state index in [0.717, 1.165) is 0 Å². The fraction of sp³-hybridized carbons (Fsp3) is 0.318. The van der Waals surface area contributed by atoms with Gasteiger partial charge in [-0.25, -0.2) is 4.79 Å². The fourth-order valence-corrected chi connectivity index (χ4v) is 3.62. The minimum Gasteiger partial charge on any atom is -0.493 e. The van der Waals surface area contributed by atoms with Crippen molar-refractivity contribution in [1.82, 2.24) is 4.90 Å². The van der Waals surface area contributed by atoms with Crippen molar-refractivity contribution in [2.75, 3.05) is 50.6 Å². The molecule has 0 aromatic heterocycles. The monoisotopic (exact) mass is 427 g/mol. The van der Waals surface area contributed by atoms with E-state index < -0.39 is 5.97 Å². The van der Waals surface area contributed by atoms with E-state index in [1.54, 1.807) is 41.3 Å². The van der Waals surface area contributed by atoms with Gasteiger partial charge in [-0.05, 0) is 30.3 Å². The number of carbonyl (C=O) groups is 3. The Hall–Kier alpha value is -3.75. The third-order valence-electron chi connectivity index (χ3n) is 5.11. The van der Waals surface area contributed by atoms with Crippen molar-refractivity contribution in [2.24, 2.45) is 0 Å². The molecule has 0 atom stereocenters. The molecule has 0 spiro atoms. The van der Waals surface area contributed by atoms with E-state index in [0.29, 0.717) is 48.9 Å². The normalized spacial score (nSPS) is 13.5. The summed E-state index contributed by atoms with van der Waals surface area (Å²) in [6, 6.07) is 10.00. The molecular formula is C22H25N3O6. The van der Waals surface area contributed by atoms with Crippen LogP contribution in [0, 0.1) is 0 Å². The van der Waals surface area contributed by atoms with Crippen molar-refractivity contribution < 1.29 is 29.0 Å². The first-order valence-electron chi connectivity index (χ1n) is 9.75. The van der Waals surface area contributed by atoms with Crippen molar-refractivity contribution in [2.45, 2.75) is 6.92 Å². The van der Waals surface area contributed by atoms with Gasteiger partial charge in [0.1, 0.15) is 5.56 Å². The zero-order valence-corrected chi connectivity index (χ0v) is 17.7. The third-order valence-corrected chi connectivity index (χ3v) is 5.11. The molecule has 2 N–H and O–H groups in total. The summed E-state index contributed by atoms with van der Waals surface area (Å²) in [6.45, 7) is 3.11. The molecular weight excluding hydrogens is 402 g/mol. The molecule has 2 aromatic carbocycles. The molecule has 1 saturated heterocycles. The van der Waals surface area contributed by atoms with E-state index in [4.69, 9.17) is 9.47 Å². The number of aromatic carboxylic acids is 1. The number of piperazine rings is 1. The summed E-state index contributed by atoms with van der Waals surface area (Å²) in [5, 5.41) is 12.3. The van der Waals surface area contributed by atoms with Crippen molar-refractivity contribution in [1.29, 1.82) is 0 Å². The standard InChI is InChI=1S/C22H25N3O6/c1-14(26)23-16-5-4-6-17(20(16)22(28)29)24-9-11-25(12-10-24)21(27)15-7-8-18(30-2)19(13-15)31-3/h4-8,13H,9-12H2,1-3H3,(H,23,26)(H,28,29). The predicted molar refractivity (Wildman–Crippen MR) is 115 cm³/mol. The third kappa shape index (κ3) is 4.71. The molecule has 0 unspecified atom stereocenters. The van der Waals surface area contributed by atoms with E-state index in [1.165, 1.54) is 21.1 Å². The maximum Gasteiger partial charge on any atom is 0.339 e. The van der Waals surface area contributed by atoms with Crippen molar-refractivity contribution >= 4 is 29.2 Å². The Labute approximate surface area is 180 Å². The molecule has 0 aliphatic carbocycles. The molecule has 2 amide bonds. The molecule has 9 nitrogen and oxygen atoms in total. The van der Waals surface area contributed by atoms with E-state index in [2.05, 4.69) is 5.32 Å². The number of carboxylic acid groups (broad SMARTS) is 1. The van der Waals surface area contributed by atoms with Gasteiger partial charge in [-0.3, -0.25) is 9.59 Å². The van der Waals surface area contributed by atoms with E-state index in [9.17, 15) is 19.5 Å². The van der Waals surface area contributed by atoms with Crippen LogP contribution in [0.15, 0.2) is 36.4 Å². The summed E-state index contributed by atoms with van der Waals surface area (Å²) in [7, 11) is 3.05. The summed E-state index contributed by atoms with van der Waals surface area (Å²) in [5.74, 6) is -0.573. The molecule has 0 radical (unpaired) electrons. The Balaban J connectivity index is 1.76. The van der Waals surface area contributed by atoms with E-state index in [1.807, 2.05) is 4.90 Å². The topological polar surface area (TPSA) is 108 Å². The first-order valence-corrected chi connectivity index (χ1v) is 9.75. The summed E-state index contributed by atoms with van der Waals surface area (Å²) in [4.78, 5) is 39.9. The number of amides is 2. The number of ether oxygens (including phenoxy) is 2. The van der Waals surface area contributed by atoms with Crippen LogP contribution in [0.1, 0.15) is 27.6 Å². The lowest BCUT2D eigenvalue weighted by atomic mass is 10.1. The number of hydrogen-bond acceptors (Lipinski definition) is 6. The Morgan fingerprint density at radius 2 is 1.65 bits per heavy atom. The second-order valence-electron chi connectivity index (χ2n) is 7.04. The van der Waals surface area contributed by atoms with Crippen LogP contribution in [-0.4, -0.2) is 68.2 Å². The van der Waals surface area contributed by atoms with E-state index in [-0.39, 0.29) is 23.1 Å². The highest BCUT2D eigenvalue weighted by molar-refractivity contribution is 6.04. The van der Waals surface area contributed by atoms with Gasteiger partial charge in [-0.15, -0.1) is 0 Å². The molecule has 0 bridgehead atoms. The molecule has 2 aromatic rings. The SMILES string of the molecule is COc1ccc(C(=O)N2CCN(c3cccc(NC(C)=O)c3C(=O)O)CC2)cc1OC. The Kier molecular flexibility index (Phi) is 6.64. The molecule has 1 aliphatic rings. The quantitative estimate of drug-likeness (QED) is 0.728. The lowest BCUT2D eigenvalue weighted by Gasteiger charge is -2.37. The zero-order chi connectivity index (χ0) is 22.5. The van der Waals surface area contributed by atoms with Crippen LogP contribution in [0.4, 0.5) is 11.4 Å². The molecule has 1 aliphatic heterocycles. The summed E-state index contributed by atoms with van der Waals surface area (Å²) in [6.07, 6.45) is 0. The second kappa shape index (κ2) is 9.38. The van der Waals surface area contributed by atoms with Gasteiger partial charge in [0.15, 0.2) is 11.5 Å². The van der Waals surface area contributed by atoms with Crippen LogP contribution in [-0.2, 0) is 4.79 Å². The number of benzene rings is 2. The smallest absolute Gasteiger partial charge is 0.339 e. The predicted octanol–water partition coefficient (Wildman–Crippen LogP) is 2.32. The molecule has 164 valence electrons. The van der Waals surface area contributed by atoms with Crippen LogP contribution >= 0.6 is 0 Å². The van der Waals surface area contributed by atoms with Gasteiger partial charge in [0.25, 0.3) is 5.91 Å². The number of carboxylic acids is 1. The largest absolute Gasteiger partial charge is 0.493 e. The average Bonchev–Trinajstić information content (AvgIpc) is 2.77. The van der Waals surface area contributed by atoms with Crippen LogP contribution in [0.25, 0.3) is 0 Å². The molecule has 0 saturated carbocycles. The van der Waals surface area contributed by atoms with Gasteiger partial charge >= 0.3 is 5.97 Å². The van der Waals surface area contributed by atoms with Crippen molar-refractivity contribution in [3.05, 3.63) is 47.5 Å². The number of nitrogens with zero attached hydrogens (tertiary/aromatic N) is 2. The number of anilines is 2. The van der Waals surface area contributed by atoms with Crippen LogP contribution in [0.5, 0.6) is 11.5 Å². The summed E-state index contributed by atoms with van der Waals surface area (Å²) < 4.78 is 10.5. The highest BCUT2D eigenvalue weighted by atomic mass is 16.5. The van der Waals surface area contributed by atoms with Crippen LogP contribution in [0.3, 0.4) is 0 Å². The number of carbonyl (C=O) groups excluding carboxylic acids is 2. The van der Waals surface area contributed by atoms with Gasteiger partial charge in [0, 0.05) is 38.7 Å². The van der Waals surface area contributed by atoms with Gasteiger partial charge in [-0.1, -0.05) is 6.07 Å². The van der Waals surface area contributed by atoms with Crippen molar-refractivity contribution in [3.63, 3.8) is 0 Å². The molecule has 9 heteroatoms. The second-order valence-corrected chi connectivity index (χ2v) is 7.04. The Morgan fingerprint density at radius 3 is 2.23 bits per heavy atom. The minimum absolute atomic E-state index is 0.0392. The maximum absolute atomic E-state index is 12.9. The minimum atomic E-state index is -1.12. The van der Waals surface area contributed by atoms with Gasteiger partial charge in [0.05, 0.1) is 25.6 Å².